The predicted octanol–water partition coefficient (Wildman–Crippen LogP) is 3.00. The van der Waals surface area contributed by atoms with Gasteiger partial charge in [-0.1, -0.05) is 5.16 Å². The summed E-state index contributed by atoms with van der Waals surface area (Å²) < 4.78 is 12.3. The van der Waals surface area contributed by atoms with Crippen molar-refractivity contribution >= 4 is 11.6 Å². The zero-order valence-corrected chi connectivity index (χ0v) is 14.2. The highest BCUT2D eigenvalue weighted by Crippen LogP contribution is 2.21. The van der Waals surface area contributed by atoms with Crippen molar-refractivity contribution in [1.29, 1.82) is 0 Å². The first-order valence-electron chi connectivity index (χ1n) is 8.02. The molecular formula is C18H14N6O3. The number of imidazole rings is 1. The highest BCUT2D eigenvalue weighted by Gasteiger charge is 2.11. The van der Waals surface area contributed by atoms with E-state index in [2.05, 4.69) is 25.7 Å². The summed E-state index contributed by atoms with van der Waals surface area (Å²) in [6.07, 6.45) is 5.08. The Kier molecular flexibility index (Phi) is 4.32. The Balaban J connectivity index is 1.39. The monoisotopic (exact) mass is 362 g/mol. The van der Waals surface area contributed by atoms with Gasteiger partial charge >= 0.3 is 0 Å². The Morgan fingerprint density at radius 1 is 1.15 bits per heavy atom. The van der Waals surface area contributed by atoms with Crippen molar-refractivity contribution in [2.24, 2.45) is 0 Å². The van der Waals surface area contributed by atoms with Crippen LogP contribution in [-0.2, 0) is 0 Å². The SMILES string of the molecule is Cc1cc(C(=O)Nc2ccc(Oc3ccc(-n4ccnc4)nn3)cc2)no1. The Labute approximate surface area is 153 Å². The van der Waals surface area contributed by atoms with Crippen molar-refractivity contribution < 1.29 is 14.1 Å². The lowest BCUT2D eigenvalue weighted by atomic mass is 10.3. The molecule has 3 aromatic heterocycles. The molecule has 0 spiro atoms. The molecule has 9 nitrogen and oxygen atoms in total. The molecule has 0 saturated carbocycles. The van der Waals surface area contributed by atoms with Gasteiger partial charge in [-0.3, -0.25) is 9.36 Å². The minimum atomic E-state index is -0.346. The summed E-state index contributed by atoms with van der Waals surface area (Å²) in [7, 11) is 0. The molecule has 4 rings (SSSR count). The average molecular weight is 362 g/mol. The van der Waals surface area contributed by atoms with Gasteiger partial charge in [0.2, 0.25) is 5.88 Å². The Morgan fingerprint density at radius 2 is 2.00 bits per heavy atom. The number of rotatable bonds is 5. The van der Waals surface area contributed by atoms with Crippen LogP contribution in [0.5, 0.6) is 11.6 Å². The maximum Gasteiger partial charge on any atom is 0.277 e. The van der Waals surface area contributed by atoms with Gasteiger partial charge < -0.3 is 14.6 Å². The summed E-state index contributed by atoms with van der Waals surface area (Å²) in [6.45, 7) is 1.72. The summed E-state index contributed by atoms with van der Waals surface area (Å²) in [5, 5.41) is 14.5. The van der Waals surface area contributed by atoms with E-state index in [0.717, 1.165) is 0 Å². The fourth-order valence-corrected chi connectivity index (χ4v) is 2.30. The van der Waals surface area contributed by atoms with E-state index in [0.29, 0.717) is 28.9 Å². The molecule has 0 aliphatic heterocycles. The molecule has 1 aromatic carbocycles. The molecule has 0 aliphatic carbocycles. The molecule has 0 fully saturated rings. The number of nitrogens with one attached hydrogen (secondary N) is 1. The predicted molar refractivity (Wildman–Crippen MR) is 94.9 cm³/mol. The molecule has 0 atom stereocenters. The third-order valence-corrected chi connectivity index (χ3v) is 3.59. The number of ether oxygens (including phenoxy) is 1. The number of hydrogen-bond acceptors (Lipinski definition) is 7. The van der Waals surface area contributed by atoms with Gasteiger partial charge in [0.25, 0.3) is 5.91 Å². The molecule has 0 unspecified atom stereocenters. The molecule has 4 aromatic rings. The molecular weight excluding hydrogens is 348 g/mol. The summed E-state index contributed by atoms with van der Waals surface area (Å²) in [4.78, 5) is 16.0. The van der Waals surface area contributed by atoms with Crippen molar-refractivity contribution in [3.8, 4) is 17.4 Å². The first kappa shape index (κ1) is 16.5. The maximum atomic E-state index is 12.0. The summed E-state index contributed by atoms with van der Waals surface area (Å²) >= 11 is 0. The van der Waals surface area contributed by atoms with Crippen LogP contribution in [0, 0.1) is 6.92 Å². The lowest BCUT2D eigenvalue weighted by Crippen LogP contribution is -2.11. The molecule has 0 radical (unpaired) electrons. The summed E-state index contributed by atoms with van der Waals surface area (Å²) in [5.74, 6) is 1.79. The number of aryl methyl sites for hydroxylation is 1. The third-order valence-electron chi connectivity index (χ3n) is 3.59. The number of hydrogen-bond donors (Lipinski definition) is 1. The van der Waals surface area contributed by atoms with Crippen LogP contribution in [0.4, 0.5) is 5.69 Å². The maximum absolute atomic E-state index is 12.0. The molecule has 1 amide bonds. The van der Waals surface area contributed by atoms with Gasteiger partial charge in [-0.2, -0.15) is 0 Å². The zero-order valence-electron chi connectivity index (χ0n) is 14.2. The first-order valence-corrected chi connectivity index (χ1v) is 8.02. The van der Waals surface area contributed by atoms with Crippen LogP contribution in [0.1, 0.15) is 16.2 Å². The number of aromatic nitrogens is 5. The Hall–Kier alpha value is -4.01. The standard InChI is InChI=1S/C18H14N6O3/c1-12-10-15(23-27-12)18(25)20-13-2-4-14(5-3-13)26-17-7-6-16(21-22-17)24-9-8-19-11-24/h2-11H,1H3,(H,20,25). The number of amides is 1. The minimum absolute atomic E-state index is 0.223. The Bertz CT molecular complexity index is 1040. The second-order valence-electron chi connectivity index (χ2n) is 5.60. The molecule has 0 aliphatic rings. The van der Waals surface area contributed by atoms with Gasteiger partial charge in [-0.15, -0.1) is 10.2 Å². The molecule has 9 heteroatoms. The van der Waals surface area contributed by atoms with Crippen molar-refractivity contribution in [2.75, 3.05) is 5.32 Å². The lowest BCUT2D eigenvalue weighted by Gasteiger charge is -2.07. The van der Waals surface area contributed by atoms with Crippen LogP contribution in [0.2, 0.25) is 0 Å². The van der Waals surface area contributed by atoms with Crippen LogP contribution >= 0.6 is 0 Å². The van der Waals surface area contributed by atoms with Crippen LogP contribution in [0.25, 0.3) is 5.82 Å². The van der Waals surface area contributed by atoms with Crippen LogP contribution < -0.4 is 10.1 Å². The second kappa shape index (κ2) is 7.08. The number of carbonyl (C=O) groups is 1. The van der Waals surface area contributed by atoms with Crippen LogP contribution in [0.3, 0.4) is 0 Å². The number of anilines is 1. The van der Waals surface area contributed by atoms with Crippen molar-refractivity contribution in [1.82, 2.24) is 24.9 Å². The van der Waals surface area contributed by atoms with E-state index >= 15 is 0 Å². The van der Waals surface area contributed by atoms with Gasteiger partial charge in [-0.25, -0.2) is 4.98 Å². The topological polar surface area (TPSA) is 108 Å². The van der Waals surface area contributed by atoms with Gasteiger partial charge in [0.1, 0.15) is 17.8 Å². The van der Waals surface area contributed by atoms with Gasteiger partial charge in [-0.05, 0) is 37.3 Å². The summed E-state index contributed by atoms with van der Waals surface area (Å²) in [5.41, 5.74) is 0.829. The molecule has 134 valence electrons. The smallest absolute Gasteiger partial charge is 0.277 e. The Morgan fingerprint density at radius 3 is 2.63 bits per heavy atom. The van der Waals surface area contributed by atoms with Gasteiger partial charge in [0.15, 0.2) is 11.5 Å². The van der Waals surface area contributed by atoms with E-state index in [1.165, 1.54) is 0 Å². The van der Waals surface area contributed by atoms with E-state index in [1.807, 2.05) is 0 Å². The zero-order chi connectivity index (χ0) is 18.6. The van der Waals surface area contributed by atoms with Crippen LogP contribution in [0.15, 0.2) is 65.7 Å². The quantitative estimate of drug-likeness (QED) is 0.581. The fraction of sp³-hybridized carbons (Fsp3) is 0.0556. The molecule has 0 saturated heterocycles. The van der Waals surface area contributed by atoms with Crippen molar-refractivity contribution in [2.45, 2.75) is 6.92 Å². The number of nitrogens with zero attached hydrogens (tertiary/aromatic N) is 5. The minimum Gasteiger partial charge on any atom is -0.438 e. The van der Waals surface area contributed by atoms with E-state index in [9.17, 15) is 4.79 Å². The van der Waals surface area contributed by atoms with Crippen molar-refractivity contribution in [3.63, 3.8) is 0 Å². The second-order valence-corrected chi connectivity index (χ2v) is 5.60. The molecule has 27 heavy (non-hydrogen) atoms. The average Bonchev–Trinajstić information content (AvgIpc) is 3.36. The molecule has 3 heterocycles. The highest BCUT2D eigenvalue weighted by atomic mass is 16.5. The van der Waals surface area contributed by atoms with E-state index < -0.39 is 0 Å². The molecule has 1 N–H and O–H groups in total. The van der Waals surface area contributed by atoms with Crippen molar-refractivity contribution in [3.05, 3.63) is 72.6 Å². The first-order chi connectivity index (χ1) is 13.2. The molecule has 0 bridgehead atoms. The number of benzene rings is 1. The van der Waals surface area contributed by atoms with Gasteiger partial charge in [0, 0.05) is 30.2 Å². The fourth-order valence-electron chi connectivity index (χ4n) is 2.30. The van der Waals surface area contributed by atoms with E-state index in [1.54, 1.807) is 72.7 Å². The normalized spacial score (nSPS) is 10.6. The number of carbonyl (C=O) groups excluding carboxylic acids is 1. The lowest BCUT2D eigenvalue weighted by molar-refractivity contribution is 0.101. The summed E-state index contributed by atoms with van der Waals surface area (Å²) in [6, 6.07) is 11.9. The van der Waals surface area contributed by atoms with E-state index in [4.69, 9.17) is 9.26 Å². The van der Waals surface area contributed by atoms with Crippen LogP contribution in [-0.4, -0.2) is 30.8 Å². The van der Waals surface area contributed by atoms with Gasteiger partial charge in [0.05, 0.1) is 0 Å². The third kappa shape index (κ3) is 3.82. The largest absolute Gasteiger partial charge is 0.438 e. The van der Waals surface area contributed by atoms with E-state index in [-0.39, 0.29) is 11.6 Å². The highest BCUT2D eigenvalue weighted by molar-refractivity contribution is 6.02.